The van der Waals surface area contributed by atoms with Gasteiger partial charge in [-0.25, -0.2) is 4.98 Å². The molecule has 0 radical (unpaired) electrons. The third-order valence-corrected chi connectivity index (χ3v) is 2.20. The number of aromatic nitrogens is 1. The summed E-state index contributed by atoms with van der Waals surface area (Å²) in [6.45, 7) is 3.25. The van der Waals surface area contributed by atoms with Gasteiger partial charge in [0.1, 0.15) is 12.0 Å². The maximum atomic E-state index is 10.5. The molecule has 0 fully saturated rings. The van der Waals surface area contributed by atoms with Gasteiger partial charge in [0.2, 0.25) is 0 Å². The van der Waals surface area contributed by atoms with Crippen molar-refractivity contribution in [3.63, 3.8) is 0 Å². The van der Waals surface area contributed by atoms with Crippen molar-refractivity contribution >= 4 is 11.5 Å². The zero-order chi connectivity index (χ0) is 12.0. The van der Waals surface area contributed by atoms with Crippen molar-refractivity contribution in [2.24, 2.45) is 5.73 Å². The van der Waals surface area contributed by atoms with Gasteiger partial charge in [-0.2, -0.15) is 0 Å². The van der Waals surface area contributed by atoms with Crippen LogP contribution in [0.5, 0.6) is 0 Å². The van der Waals surface area contributed by atoms with E-state index in [4.69, 9.17) is 5.73 Å². The van der Waals surface area contributed by atoms with E-state index in [1.54, 1.807) is 6.92 Å². The lowest BCUT2D eigenvalue weighted by molar-refractivity contribution is -0.385. The molecule has 0 spiro atoms. The van der Waals surface area contributed by atoms with E-state index in [-0.39, 0.29) is 5.69 Å². The van der Waals surface area contributed by atoms with Gasteiger partial charge >= 0.3 is 0 Å². The van der Waals surface area contributed by atoms with Crippen LogP contribution in [0.25, 0.3) is 0 Å². The Balaban J connectivity index is 2.57. The minimum Gasteiger partial charge on any atom is -0.370 e. The van der Waals surface area contributed by atoms with Gasteiger partial charge in [-0.05, 0) is 31.9 Å². The molecule has 1 heterocycles. The first-order valence-electron chi connectivity index (χ1n) is 5.20. The highest BCUT2D eigenvalue weighted by Gasteiger charge is 2.08. The predicted molar refractivity (Wildman–Crippen MR) is 62.4 cm³/mol. The second-order valence-corrected chi connectivity index (χ2v) is 3.54. The van der Waals surface area contributed by atoms with E-state index >= 15 is 0 Å². The van der Waals surface area contributed by atoms with Crippen molar-refractivity contribution in [2.75, 3.05) is 18.4 Å². The Morgan fingerprint density at radius 1 is 1.56 bits per heavy atom. The van der Waals surface area contributed by atoms with Gasteiger partial charge in [-0.15, -0.1) is 0 Å². The molecule has 16 heavy (non-hydrogen) atoms. The lowest BCUT2D eigenvalue weighted by Crippen LogP contribution is -2.08. The molecule has 6 heteroatoms. The lowest BCUT2D eigenvalue weighted by Gasteiger charge is -2.07. The summed E-state index contributed by atoms with van der Waals surface area (Å²) in [5, 5.41) is 13.6. The number of nitrogens with one attached hydrogen (secondary N) is 1. The summed E-state index contributed by atoms with van der Waals surface area (Å²) < 4.78 is 0. The summed E-state index contributed by atoms with van der Waals surface area (Å²) >= 11 is 0. The van der Waals surface area contributed by atoms with Gasteiger partial charge in [-0.3, -0.25) is 10.1 Å². The zero-order valence-corrected chi connectivity index (χ0v) is 9.27. The highest BCUT2D eigenvalue weighted by atomic mass is 16.6. The monoisotopic (exact) mass is 224 g/mol. The number of anilines is 1. The van der Waals surface area contributed by atoms with Crippen molar-refractivity contribution in [3.8, 4) is 0 Å². The van der Waals surface area contributed by atoms with Crippen LogP contribution >= 0.6 is 0 Å². The van der Waals surface area contributed by atoms with E-state index in [2.05, 4.69) is 10.3 Å². The van der Waals surface area contributed by atoms with Crippen LogP contribution in [0.4, 0.5) is 11.5 Å². The number of rotatable bonds is 6. The average molecular weight is 224 g/mol. The van der Waals surface area contributed by atoms with Crippen molar-refractivity contribution in [1.29, 1.82) is 0 Å². The fourth-order valence-electron chi connectivity index (χ4n) is 1.32. The summed E-state index contributed by atoms with van der Waals surface area (Å²) in [6.07, 6.45) is 3.19. The molecule has 0 unspecified atom stereocenters. The largest absolute Gasteiger partial charge is 0.370 e. The van der Waals surface area contributed by atoms with Crippen LogP contribution in [-0.4, -0.2) is 23.0 Å². The second kappa shape index (κ2) is 6.02. The molecule has 0 aromatic carbocycles. The van der Waals surface area contributed by atoms with E-state index < -0.39 is 4.92 Å². The molecule has 1 aromatic heterocycles. The summed E-state index contributed by atoms with van der Waals surface area (Å²) in [5.41, 5.74) is 6.17. The summed E-state index contributed by atoms with van der Waals surface area (Å²) in [5.74, 6) is 0.697. The van der Waals surface area contributed by atoms with E-state index in [1.807, 2.05) is 0 Å². The Hall–Kier alpha value is -1.69. The van der Waals surface area contributed by atoms with Gasteiger partial charge < -0.3 is 11.1 Å². The maximum absolute atomic E-state index is 10.5. The van der Waals surface area contributed by atoms with E-state index in [9.17, 15) is 10.1 Å². The number of pyridine rings is 1. The molecule has 6 nitrogen and oxygen atoms in total. The van der Waals surface area contributed by atoms with Gasteiger partial charge in [0.25, 0.3) is 5.69 Å². The van der Waals surface area contributed by atoms with Crippen LogP contribution in [0.2, 0.25) is 0 Å². The third-order valence-electron chi connectivity index (χ3n) is 2.20. The number of hydrogen-bond donors (Lipinski definition) is 2. The van der Waals surface area contributed by atoms with Crippen molar-refractivity contribution in [1.82, 2.24) is 4.98 Å². The molecule has 0 amide bonds. The minimum absolute atomic E-state index is 0.0185. The quantitative estimate of drug-likeness (QED) is 0.433. The molecular formula is C10H16N4O2. The molecule has 3 N–H and O–H groups in total. The number of nitro groups is 1. The first-order valence-corrected chi connectivity index (χ1v) is 5.20. The Kier molecular flexibility index (Phi) is 4.65. The molecule has 0 bridgehead atoms. The topological polar surface area (TPSA) is 94.1 Å². The Morgan fingerprint density at radius 2 is 2.31 bits per heavy atom. The number of nitrogens with two attached hydrogens (primary N) is 1. The van der Waals surface area contributed by atoms with Crippen LogP contribution in [-0.2, 0) is 0 Å². The molecule has 0 atom stereocenters. The normalized spacial score (nSPS) is 10.1. The SMILES string of the molecule is Cc1cc([N+](=O)[O-])cnc1NCCCCN. The number of hydrogen-bond acceptors (Lipinski definition) is 5. The van der Waals surface area contributed by atoms with E-state index in [0.29, 0.717) is 12.4 Å². The first kappa shape index (κ1) is 12.4. The van der Waals surface area contributed by atoms with Crippen molar-refractivity contribution in [3.05, 3.63) is 27.9 Å². The lowest BCUT2D eigenvalue weighted by atomic mass is 10.2. The molecule has 88 valence electrons. The maximum Gasteiger partial charge on any atom is 0.287 e. The van der Waals surface area contributed by atoms with Gasteiger partial charge in [0.15, 0.2) is 0 Å². The number of aryl methyl sites for hydroxylation is 1. The Bertz CT molecular complexity index is 368. The molecule has 1 rings (SSSR count). The number of nitrogens with zero attached hydrogens (tertiary/aromatic N) is 2. The van der Waals surface area contributed by atoms with Crippen LogP contribution < -0.4 is 11.1 Å². The van der Waals surface area contributed by atoms with E-state index in [0.717, 1.165) is 24.9 Å². The van der Waals surface area contributed by atoms with Gasteiger partial charge in [-0.1, -0.05) is 0 Å². The standard InChI is InChI=1S/C10H16N4O2/c1-8-6-9(14(15)16)7-13-10(8)12-5-3-2-4-11/h6-7H,2-5,11H2,1H3,(H,12,13). The Labute approximate surface area is 94.0 Å². The average Bonchev–Trinajstić information content (AvgIpc) is 2.26. The minimum atomic E-state index is -0.446. The highest BCUT2D eigenvalue weighted by molar-refractivity contribution is 5.48. The van der Waals surface area contributed by atoms with Gasteiger partial charge in [0, 0.05) is 12.6 Å². The molecule has 0 aliphatic heterocycles. The van der Waals surface area contributed by atoms with Crippen molar-refractivity contribution < 1.29 is 4.92 Å². The molecule has 0 saturated carbocycles. The van der Waals surface area contributed by atoms with E-state index in [1.165, 1.54) is 12.3 Å². The van der Waals surface area contributed by atoms with Crippen LogP contribution in [0.1, 0.15) is 18.4 Å². The molecule has 1 aromatic rings. The fraction of sp³-hybridized carbons (Fsp3) is 0.500. The summed E-state index contributed by atoms with van der Waals surface area (Å²) in [4.78, 5) is 14.1. The first-order chi connectivity index (χ1) is 7.65. The second-order valence-electron chi connectivity index (χ2n) is 3.54. The molecule has 0 saturated heterocycles. The van der Waals surface area contributed by atoms with Crippen LogP contribution in [0.3, 0.4) is 0 Å². The summed E-state index contributed by atoms with van der Waals surface area (Å²) in [6, 6.07) is 1.51. The van der Waals surface area contributed by atoms with Crippen molar-refractivity contribution in [2.45, 2.75) is 19.8 Å². The highest BCUT2D eigenvalue weighted by Crippen LogP contribution is 2.17. The molecule has 0 aliphatic rings. The van der Waals surface area contributed by atoms with Crippen LogP contribution in [0, 0.1) is 17.0 Å². The zero-order valence-electron chi connectivity index (χ0n) is 9.27. The third kappa shape index (κ3) is 3.47. The van der Waals surface area contributed by atoms with Crippen LogP contribution in [0.15, 0.2) is 12.3 Å². The smallest absolute Gasteiger partial charge is 0.287 e. The molecular weight excluding hydrogens is 208 g/mol. The fourth-order valence-corrected chi connectivity index (χ4v) is 1.32. The molecule has 0 aliphatic carbocycles. The van der Waals surface area contributed by atoms with Gasteiger partial charge in [0.05, 0.1) is 4.92 Å². The number of unbranched alkanes of at least 4 members (excludes halogenated alkanes) is 1. The Morgan fingerprint density at radius 3 is 2.88 bits per heavy atom. The predicted octanol–water partition coefficient (Wildman–Crippen LogP) is 1.45. The summed E-state index contributed by atoms with van der Waals surface area (Å²) in [7, 11) is 0.